The Bertz CT molecular complexity index is 759. The zero-order valence-corrected chi connectivity index (χ0v) is 14.9. The van der Waals surface area contributed by atoms with E-state index in [1.165, 1.54) is 6.07 Å². The molecule has 1 fully saturated rings. The van der Waals surface area contributed by atoms with Gasteiger partial charge in [-0.3, -0.25) is 9.48 Å². The molecule has 1 aromatic heterocycles. The molecule has 1 aromatic carbocycles. The lowest BCUT2D eigenvalue weighted by Crippen LogP contribution is -2.48. The first-order chi connectivity index (χ1) is 12.0. The molecule has 0 saturated carbocycles. The molecule has 1 saturated heterocycles. The summed E-state index contributed by atoms with van der Waals surface area (Å²) < 4.78 is 20.7. The van der Waals surface area contributed by atoms with Crippen LogP contribution in [0.3, 0.4) is 0 Å². The number of carbonyl (C=O) groups excluding carboxylic acids is 1. The number of methoxy groups -OCH3 is 1. The number of amides is 1. The molecule has 3 rings (SSSR count). The smallest absolute Gasteiger partial charge is 0.257 e. The van der Waals surface area contributed by atoms with Crippen LogP contribution in [0, 0.1) is 18.7 Å². The summed E-state index contributed by atoms with van der Waals surface area (Å²) in [5.41, 5.74) is 2.35. The monoisotopic (exact) mass is 345 g/mol. The number of nitrogens with zero attached hydrogens (tertiary/aromatic N) is 3. The minimum Gasteiger partial charge on any atom is -0.379 e. The third kappa shape index (κ3) is 3.90. The average Bonchev–Trinajstić information content (AvgIpc) is 2.93. The van der Waals surface area contributed by atoms with Crippen LogP contribution in [0.5, 0.6) is 0 Å². The van der Waals surface area contributed by atoms with Crippen molar-refractivity contribution in [3.8, 4) is 0 Å². The summed E-state index contributed by atoms with van der Waals surface area (Å²) in [6.07, 6.45) is 3.29. The second-order valence-electron chi connectivity index (χ2n) is 6.71. The van der Waals surface area contributed by atoms with E-state index in [9.17, 15) is 9.18 Å². The zero-order chi connectivity index (χ0) is 18.0. The van der Waals surface area contributed by atoms with Crippen molar-refractivity contribution in [2.75, 3.05) is 20.2 Å². The minimum absolute atomic E-state index is 0.00291. The van der Waals surface area contributed by atoms with Crippen molar-refractivity contribution in [3.63, 3.8) is 0 Å². The number of rotatable bonds is 4. The van der Waals surface area contributed by atoms with Gasteiger partial charge in [0.05, 0.1) is 17.4 Å². The molecule has 25 heavy (non-hydrogen) atoms. The second-order valence-corrected chi connectivity index (χ2v) is 6.71. The van der Waals surface area contributed by atoms with Gasteiger partial charge in [0.25, 0.3) is 5.91 Å². The molecule has 1 amide bonds. The van der Waals surface area contributed by atoms with Crippen LogP contribution >= 0.6 is 0 Å². The standard InChI is InChI=1S/C19H24FN3O2/c1-13-17(11-22(2)21-13)19(24)23-8-7-15(18(12-23)25-3)9-14-5-4-6-16(20)10-14/h4-6,10-11,15,18H,7-9,12H2,1-3H3/t15-,18-/m1/s1. The van der Waals surface area contributed by atoms with Gasteiger partial charge in [0, 0.05) is 33.4 Å². The van der Waals surface area contributed by atoms with Crippen LogP contribution in [0.15, 0.2) is 30.5 Å². The highest BCUT2D eigenvalue weighted by Gasteiger charge is 2.32. The number of benzene rings is 1. The van der Waals surface area contributed by atoms with Crippen LogP contribution in [0.2, 0.25) is 0 Å². The topological polar surface area (TPSA) is 47.4 Å². The zero-order valence-electron chi connectivity index (χ0n) is 14.9. The number of aromatic nitrogens is 2. The number of ether oxygens (including phenoxy) is 1. The van der Waals surface area contributed by atoms with Crippen LogP contribution in [-0.4, -0.2) is 46.9 Å². The number of aryl methyl sites for hydroxylation is 2. The van der Waals surface area contributed by atoms with Gasteiger partial charge < -0.3 is 9.64 Å². The fourth-order valence-electron chi connectivity index (χ4n) is 3.60. The Balaban J connectivity index is 1.69. The number of hydrogen-bond donors (Lipinski definition) is 0. The van der Waals surface area contributed by atoms with Gasteiger partial charge in [-0.2, -0.15) is 5.10 Å². The quantitative estimate of drug-likeness (QED) is 0.856. The fourth-order valence-corrected chi connectivity index (χ4v) is 3.60. The first-order valence-electron chi connectivity index (χ1n) is 8.54. The maximum Gasteiger partial charge on any atom is 0.257 e. The normalized spacial score (nSPS) is 20.7. The Labute approximate surface area is 147 Å². The highest BCUT2D eigenvalue weighted by molar-refractivity contribution is 5.95. The highest BCUT2D eigenvalue weighted by Crippen LogP contribution is 2.26. The molecule has 0 N–H and O–H groups in total. The van der Waals surface area contributed by atoms with Gasteiger partial charge in [0.15, 0.2) is 0 Å². The molecule has 5 nitrogen and oxygen atoms in total. The molecule has 0 radical (unpaired) electrons. The lowest BCUT2D eigenvalue weighted by atomic mass is 9.87. The lowest BCUT2D eigenvalue weighted by molar-refractivity contribution is -0.00700. The molecule has 6 heteroatoms. The Morgan fingerprint density at radius 2 is 2.24 bits per heavy atom. The van der Waals surface area contributed by atoms with E-state index in [0.717, 1.165) is 24.1 Å². The number of piperidine rings is 1. The largest absolute Gasteiger partial charge is 0.379 e. The van der Waals surface area contributed by atoms with E-state index < -0.39 is 0 Å². The summed E-state index contributed by atoms with van der Waals surface area (Å²) in [5.74, 6) is 0.0498. The molecule has 1 aliphatic heterocycles. The Kier molecular flexibility index (Phi) is 5.18. The average molecular weight is 345 g/mol. The Morgan fingerprint density at radius 1 is 1.44 bits per heavy atom. The first-order valence-corrected chi connectivity index (χ1v) is 8.54. The van der Waals surface area contributed by atoms with Gasteiger partial charge in [-0.25, -0.2) is 4.39 Å². The molecule has 0 unspecified atom stereocenters. The number of likely N-dealkylation sites (tertiary alicyclic amines) is 1. The van der Waals surface area contributed by atoms with E-state index in [0.29, 0.717) is 18.7 Å². The van der Waals surface area contributed by atoms with Crippen LogP contribution in [0.25, 0.3) is 0 Å². The third-order valence-corrected chi connectivity index (χ3v) is 4.92. The van der Waals surface area contributed by atoms with Gasteiger partial charge in [-0.05, 0) is 43.4 Å². The third-order valence-electron chi connectivity index (χ3n) is 4.92. The predicted molar refractivity (Wildman–Crippen MR) is 92.9 cm³/mol. The van der Waals surface area contributed by atoms with Crippen molar-refractivity contribution in [2.24, 2.45) is 13.0 Å². The second kappa shape index (κ2) is 7.35. The Morgan fingerprint density at radius 3 is 2.88 bits per heavy atom. The molecule has 134 valence electrons. The van der Waals surface area contributed by atoms with Gasteiger partial charge in [0.2, 0.25) is 0 Å². The van der Waals surface area contributed by atoms with E-state index in [-0.39, 0.29) is 23.7 Å². The summed E-state index contributed by atoms with van der Waals surface area (Å²) in [5, 5.41) is 4.25. The van der Waals surface area contributed by atoms with Crippen molar-refractivity contribution in [2.45, 2.75) is 25.9 Å². The van der Waals surface area contributed by atoms with Crippen molar-refractivity contribution in [1.82, 2.24) is 14.7 Å². The molecule has 0 aliphatic carbocycles. The molecule has 2 aromatic rings. The maximum atomic E-state index is 13.4. The molecular weight excluding hydrogens is 321 g/mol. The molecular formula is C19H24FN3O2. The van der Waals surface area contributed by atoms with E-state index >= 15 is 0 Å². The summed E-state index contributed by atoms with van der Waals surface area (Å²) >= 11 is 0. The first kappa shape index (κ1) is 17.6. The molecule has 1 aliphatic rings. The van der Waals surface area contributed by atoms with Gasteiger partial charge in [-0.1, -0.05) is 12.1 Å². The van der Waals surface area contributed by atoms with E-state index in [1.807, 2.05) is 24.9 Å². The van der Waals surface area contributed by atoms with Gasteiger partial charge in [0.1, 0.15) is 5.82 Å². The molecule has 0 spiro atoms. The maximum absolute atomic E-state index is 13.4. The summed E-state index contributed by atoms with van der Waals surface area (Å²) in [7, 11) is 3.49. The summed E-state index contributed by atoms with van der Waals surface area (Å²) in [6.45, 7) is 3.06. The molecule has 2 heterocycles. The van der Waals surface area contributed by atoms with Gasteiger partial charge >= 0.3 is 0 Å². The van der Waals surface area contributed by atoms with E-state index in [2.05, 4.69) is 5.10 Å². The van der Waals surface area contributed by atoms with Crippen LogP contribution in [0.4, 0.5) is 4.39 Å². The van der Waals surface area contributed by atoms with E-state index in [4.69, 9.17) is 4.74 Å². The Hall–Kier alpha value is -2.21. The SMILES string of the molecule is CO[C@@H]1CN(C(=O)c2cn(C)nc2C)CC[C@@H]1Cc1cccc(F)c1. The van der Waals surface area contributed by atoms with Crippen molar-refractivity contribution >= 4 is 5.91 Å². The van der Waals surface area contributed by atoms with Crippen molar-refractivity contribution in [1.29, 1.82) is 0 Å². The minimum atomic E-state index is -0.217. The molecule has 0 bridgehead atoms. The summed E-state index contributed by atoms with van der Waals surface area (Å²) in [4.78, 5) is 14.6. The van der Waals surface area contributed by atoms with Crippen LogP contribution in [-0.2, 0) is 18.2 Å². The fraction of sp³-hybridized carbons (Fsp3) is 0.474. The lowest BCUT2D eigenvalue weighted by Gasteiger charge is -2.38. The van der Waals surface area contributed by atoms with E-state index in [1.54, 1.807) is 30.1 Å². The number of hydrogen-bond acceptors (Lipinski definition) is 3. The van der Waals surface area contributed by atoms with Gasteiger partial charge in [-0.15, -0.1) is 0 Å². The number of halogens is 1. The predicted octanol–water partition coefficient (Wildman–Crippen LogP) is 2.59. The number of carbonyl (C=O) groups is 1. The van der Waals surface area contributed by atoms with Crippen LogP contribution in [0.1, 0.15) is 28.0 Å². The molecule has 2 atom stereocenters. The highest BCUT2D eigenvalue weighted by atomic mass is 19.1. The van der Waals surface area contributed by atoms with Crippen molar-refractivity contribution in [3.05, 3.63) is 53.1 Å². The van der Waals surface area contributed by atoms with Crippen LogP contribution < -0.4 is 0 Å². The summed E-state index contributed by atoms with van der Waals surface area (Å²) in [6, 6.07) is 6.70. The van der Waals surface area contributed by atoms with Crippen molar-refractivity contribution < 1.29 is 13.9 Å².